The van der Waals surface area contributed by atoms with Gasteiger partial charge in [-0.3, -0.25) is 4.72 Å². The molecule has 0 aliphatic heterocycles. The Morgan fingerprint density at radius 1 is 0.810 bits per heavy atom. The van der Waals surface area contributed by atoms with E-state index >= 15 is 0 Å². The predicted molar refractivity (Wildman–Crippen MR) is 87.4 cm³/mol. The predicted octanol–water partition coefficient (Wildman–Crippen LogP) is 4.03. The van der Waals surface area contributed by atoms with Crippen molar-refractivity contribution in [1.29, 1.82) is 0 Å². The molecule has 0 bridgehead atoms. The van der Waals surface area contributed by atoms with E-state index in [-0.39, 0.29) is 0 Å². The van der Waals surface area contributed by atoms with Crippen LogP contribution in [0.1, 0.15) is 27.8 Å². The van der Waals surface area contributed by atoms with Crippen molar-refractivity contribution in [3.63, 3.8) is 0 Å². The second-order valence-electron chi connectivity index (χ2n) is 5.51. The number of anilines is 1. The quantitative estimate of drug-likeness (QED) is 0.930. The SMILES string of the molecule is Cc1ccccc1NS(=O)(=O)c1c(C)c(C)cc(C)c1C. The average Bonchev–Trinajstić information content (AvgIpc) is 2.39. The van der Waals surface area contributed by atoms with Gasteiger partial charge < -0.3 is 0 Å². The molecule has 0 aromatic heterocycles. The molecule has 2 rings (SSSR count). The van der Waals surface area contributed by atoms with Gasteiger partial charge in [-0.2, -0.15) is 0 Å². The van der Waals surface area contributed by atoms with Crippen LogP contribution in [0.25, 0.3) is 0 Å². The fraction of sp³-hybridized carbons (Fsp3) is 0.294. The van der Waals surface area contributed by atoms with Crippen LogP contribution in [0.15, 0.2) is 35.2 Å². The van der Waals surface area contributed by atoms with Crippen LogP contribution in [0, 0.1) is 34.6 Å². The Morgan fingerprint density at radius 3 is 1.86 bits per heavy atom. The summed E-state index contributed by atoms with van der Waals surface area (Å²) < 4.78 is 28.3. The van der Waals surface area contributed by atoms with Crippen molar-refractivity contribution in [2.24, 2.45) is 0 Å². The van der Waals surface area contributed by atoms with E-state index in [0.29, 0.717) is 10.6 Å². The minimum Gasteiger partial charge on any atom is -0.279 e. The molecule has 0 saturated carbocycles. The van der Waals surface area contributed by atoms with E-state index in [4.69, 9.17) is 0 Å². The number of aryl methyl sites for hydroxylation is 3. The Morgan fingerprint density at radius 2 is 1.33 bits per heavy atom. The fourth-order valence-corrected chi connectivity index (χ4v) is 4.22. The molecule has 2 aromatic rings. The lowest BCUT2D eigenvalue weighted by Crippen LogP contribution is -2.17. The van der Waals surface area contributed by atoms with Gasteiger partial charge in [0.05, 0.1) is 10.6 Å². The summed E-state index contributed by atoms with van der Waals surface area (Å²) in [6.45, 7) is 9.48. The highest BCUT2D eigenvalue weighted by Crippen LogP contribution is 2.28. The number of hydrogen-bond acceptors (Lipinski definition) is 2. The van der Waals surface area contributed by atoms with Crippen molar-refractivity contribution in [1.82, 2.24) is 0 Å². The third kappa shape index (κ3) is 2.95. The third-order valence-corrected chi connectivity index (χ3v) is 5.59. The second kappa shape index (κ2) is 5.53. The van der Waals surface area contributed by atoms with Crippen molar-refractivity contribution >= 4 is 15.7 Å². The summed E-state index contributed by atoms with van der Waals surface area (Å²) >= 11 is 0. The molecule has 0 radical (unpaired) electrons. The van der Waals surface area contributed by atoms with Gasteiger partial charge in [0.15, 0.2) is 0 Å². The molecule has 0 heterocycles. The molecule has 0 saturated heterocycles. The standard InChI is InChI=1S/C17H21NO2S/c1-11-8-6-7-9-16(11)18-21(19,20)17-14(4)12(2)10-13(3)15(17)5/h6-10,18H,1-5H3. The third-order valence-electron chi connectivity index (χ3n) is 3.96. The zero-order valence-corrected chi connectivity index (χ0v) is 13.9. The lowest BCUT2D eigenvalue weighted by Gasteiger charge is -2.17. The molecule has 21 heavy (non-hydrogen) atoms. The maximum atomic E-state index is 12.8. The van der Waals surface area contributed by atoms with Crippen LogP contribution in [-0.4, -0.2) is 8.42 Å². The molecule has 0 atom stereocenters. The number of benzene rings is 2. The summed E-state index contributed by atoms with van der Waals surface area (Å²) in [6, 6.07) is 9.41. The number of para-hydroxylation sites is 1. The highest BCUT2D eigenvalue weighted by atomic mass is 32.2. The molecule has 112 valence electrons. The molecule has 0 amide bonds. The van der Waals surface area contributed by atoms with E-state index in [1.165, 1.54) is 0 Å². The molecule has 0 aliphatic carbocycles. The lowest BCUT2D eigenvalue weighted by atomic mass is 10.0. The molecule has 4 heteroatoms. The van der Waals surface area contributed by atoms with E-state index in [1.807, 2.05) is 58.9 Å². The summed E-state index contributed by atoms with van der Waals surface area (Å²) in [6.07, 6.45) is 0. The van der Waals surface area contributed by atoms with Gasteiger partial charge in [0.2, 0.25) is 0 Å². The summed E-state index contributed by atoms with van der Waals surface area (Å²) in [4.78, 5) is 0.392. The molecule has 0 aliphatic rings. The van der Waals surface area contributed by atoms with Crippen molar-refractivity contribution in [2.45, 2.75) is 39.5 Å². The Labute approximate surface area is 127 Å². The van der Waals surface area contributed by atoms with E-state index < -0.39 is 10.0 Å². The number of nitrogens with one attached hydrogen (secondary N) is 1. The normalized spacial score (nSPS) is 11.5. The first-order chi connectivity index (χ1) is 9.74. The van der Waals surface area contributed by atoms with E-state index in [2.05, 4.69) is 4.72 Å². The van der Waals surface area contributed by atoms with Crippen LogP contribution in [0.5, 0.6) is 0 Å². The number of sulfonamides is 1. The molecule has 0 unspecified atom stereocenters. The Balaban J connectivity index is 2.58. The molecular weight excluding hydrogens is 282 g/mol. The Kier molecular flexibility index (Phi) is 4.10. The van der Waals surface area contributed by atoms with Crippen molar-refractivity contribution in [2.75, 3.05) is 4.72 Å². The molecule has 0 fully saturated rings. The van der Waals surface area contributed by atoms with Gasteiger partial charge in [0, 0.05) is 0 Å². The summed E-state index contributed by atoms with van der Waals surface area (Å²) in [5, 5.41) is 0. The van der Waals surface area contributed by atoms with Gasteiger partial charge in [0.1, 0.15) is 0 Å². The number of rotatable bonds is 3. The van der Waals surface area contributed by atoms with Crippen LogP contribution in [-0.2, 0) is 10.0 Å². The van der Waals surface area contributed by atoms with Crippen molar-refractivity contribution in [3.8, 4) is 0 Å². The summed E-state index contributed by atoms with van der Waals surface area (Å²) in [5.41, 5.74) is 5.11. The molecule has 1 N–H and O–H groups in total. The van der Waals surface area contributed by atoms with Crippen molar-refractivity contribution in [3.05, 3.63) is 58.1 Å². The molecule has 2 aromatic carbocycles. The van der Waals surface area contributed by atoms with Gasteiger partial charge in [-0.05, 0) is 68.5 Å². The highest BCUT2D eigenvalue weighted by Gasteiger charge is 2.22. The molecule has 0 spiro atoms. The Hall–Kier alpha value is -1.81. The van der Waals surface area contributed by atoms with Gasteiger partial charge in [-0.1, -0.05) is 24.3 Å². The second-order valence-corrected chi connectivity index (χ2v) is 7.13. The maximum absolute atomic E-state index is 12.8. The van der Waals surface area contributed by atoms with Crippen LogP contribution in [0.3, 0.4) is 0 Å². The maximum Gasteiger partial charge on any atom is 0.262 e. The van der Waals surface area contributed by atoms with Gasteiger partial charge in [-0.25, -0.2) is 8.42 Å². The number of hydrogen-bond donors (Lipinski definition) is 1. The topological polar surface area (TPSA) is 46.2 Å². The first kappa shape index (κ1) is 15.6. The van der Waals surface area contributed by atoms with Crippen molar-refractivity contribution < 1.29 is 8.42 Å². The average molecular weight is 303 g/mol. The van der Waals surface area contributed by atoms with E-state index in [1.54, 1.807) is 6.07 Å². The smallest absolute Gasteiger partial charge is 0.262 e. The first-order valence-corrected chi connectivity index (χ1v) is 8.38. The van der Waals surface area contributed by atoms with Gasteiger partial charge in [-0.15, -0.1) is 0 Å². The van der Waals surface area contributed by atoms with Crippen LogP contribution < -0.4 is 4.72 Å². The van der Waals surface area contributed by atoms with Crippen LogP contribution in [0.4, 0.5) is 5.69 Å². The fourth-order valence-electron chi connectivity index (χ4n) is 2.47. The lowest BCUT2D eigenvalue weighted by molar-refractivity contribution is 0.599. The van der Waals surface area contributed by atoms with E-state index in [0.717, 1.165) is 27.8 Å². The minimum absolute atomic E-state index is 0.392. The summed E-state index contributed by atoms with van der Waals surface area (Å²) in [5.74, 6) is 0. The monoisotopic (exact) mass is 303 g/mol. The Bertz CT molecular complexity index is 766. The molecule has 3 nitrogen and oxygen atoms in total. The zero-order valence-electron chi connectivity index (χ0n) is 13.1. The van der Waals surface area contributed by atoms with Gasteiger partial charge in [0.25, 0.3) is 10.0 Å². The molecular formula is C17H21NO2S. The van der Waals surface area contributed by atoms with Gasteiger partial charge >= 0.3 is 0 Å². The first-order valence-electron chi connectivity index (χ1n) is 6.90. The highest BCUT2D eigenvalue weighted by molar-refractivity contribution is 7.92. The largest absolute Gasteiger partial charge is 0.279 e. The zero-order chi connectivity index (χ0) is 15.8. The summed E-state index contributed by atoms with van der Waals surface area (Å²) in [7, 11) is -3.59. The van der Waals surface area contributed by atoms with Crippen LogP contribution in [0.2, 0.25) is 0 Å². The van der Waals surface area contributed by atoms with E-state index in [9.17, 15) is 8.42 Å². The van der Waals surface area contributed by atoms with Crippen LogP contribution >= 0.6 is 0 Å². The minimum atomic E-state index is -3.59.